The summed E-state index contributed by atoms with van der Waals surface area (Å²) in [4.78, 5) is 11.3. The van der Waals surface area contributed by atoms with Gasteiger partial charge >= 0.3 is 0 Å². The summed E-state index contributed by atoms with van der Waals surface area (Å²) in [6.45, 7) is 3.61. The first-order valence-electron chi connectivity index (χ1n) is 7.24. The van der Waals surface area contributed by atoms with Crippen LogP contribution in [0.5, 0.6) is 0 Å². The fraction of sp³-hybridized carbons (Fsp3) is 0.235. The molecule has 1 atom stereocenters. The number of primary amides is 1. The van der Waals surface area contributed by atoms with Crippen molar-refractivity contribution in [2.24, 2.45) is 5.73 Å². The Kier molecular flexibility index (Phi) is 5.05. The van der Waals surface area contributed by atoms with Gasteiger partial charge in [-0.1, -0.05) is 43.3 Å². The van der Waals surface area contributed by atoms with Gasteiger partial charge in [-0.2, -0.15) is 0 Å². The molecule has 23 heavy (non-hydrogen) atoms. The lowest BCUT2D eigenvalue weighted by atomic mass is 10.0. The molecule has 2 aromatic carbocycles. The van der Waals surface area contributed by atoms with Gasteiger partial charge in [0.1, 0.15) is 0 Å². The number of benzene rings is 2. The molecule has 0 aliphatic heterocycles. The average molecular weight is 332 g/mol. The van der Waals surface area contributed by atoms with Crippen LogP contribution in [0.1, 0.15) is 34.3 Å². The molecule has 2 rings (SSSR count). The lowest BCUT2D eigenvalue weighted by Crippen LogP contribution is -2.21. The van der Waals surface area contributed by atoms with Crippen molar-refractivity contribution in [1.82, 2.24) is 0 Å². The Morgan fingerprint density at radius 2 is 1.83 bits per heavy atom. The number of hydrogen-bond donors (Lipinski definition) is 2. The van der Waals surface area contributed by atoms with Crippen molar-refractivity contribution in [1.29, 1.82) is 0 Å². The van der Waals surface area contributed by atoms with E-state index in [-0.39, 0.29) is 11.7 Å². The van der Waals surface area contributed by atoms with Gasteiger partial charge in [-0.25, -0.2) is 8.42 Å². The van der Waals surface area contributed by atoms with Gasteiger partial charge in [-0.15, -0.1) is 0 Å². The van der Waals surface area contributed by atoms with Crippen molar-refractivity contribution in [2.75, 3.05) is 10.5 Å². The number of carbonyl (C=O) groups is 1. The number of rotatable bonds is 6. The highest BCUT2D eigenvalue weighted by Crippen LogP contribution is 2.20. The Hall–Kier alpha value is -2.34. The van der Waals surface area contributed by atoms with Crippen LogP contribution in [-0.2, 0) is 10.0 Å². The third-order valence-corrected chi connectivity index (χ3v) is 5.10. The molecule has 0 spiro atoms. The summed E-state index contributed by atoms with van der Waals surface area (Å²) >= 11 is 0. The molecule has 1 amide bonds. The van der Waals surface area contributed by atoms with Crippen LogP contribution in [0, 0.1) is 6.92 Å². The van der Waals surface area contributed by atoms with Crippen LogP contribution in [0.25, 0.3) is 0 Å². The smallest absolute Gasteiger partial charge is 0.249 e. The van der Waals surface area contributed by atoms with E-state index in [1.807, 2.05) is 37.3 Å². The predicted octanol–water partition coefficient (Wildman–Crippen LogP) is 2.64. The topological polar surface area (TPSA) is 89.3 Å². The van der Waals surface area contributed by atoms with Crippen molar-refractivity contribution < 1.29 is 13.2 Å². The van der Waals surface area contributed by atoms with E-state index in [0.29, 0.717) is 16.8 Å². The highest BCUT2D eigenvalue weighted by atomic mass is 32.2. The van der Waals surface area contributed by atoms with Gasteiger partial charge < -0.3 is 5.73 Å². The maximum atomic E-state index is 12.3. The Morgan fingerprint density at radius 1 is 1.17 bits per heavy atom. The Bertz CT molecular complexity index is 802. The summed E-state index contributed by atoms with van der Waals surface area (Å²) in [6.07, 6.45) is 0. The van der Waals surface area contributed by atoms with Crippen LogP contribution in [-0.4, -0.2) is 20.1 Å². The van der Waals surface area contributed by atoms with Crippen molar-refractivity contribution in [2.45, 2.75) is 19.8 Å². The lowest BCUT2D eigenvalue weighted by Gasteiger charge is -2.14. The standard InChI is InChI=1S/C17H20N2O3S/c1-12-8-9-15(10-16(12)17(18)20)19-23(21,22)11-13(2)14-6-4-3-5-7-14/h3-10,13,19H,11H2,1-2H3,(H2,18,20). The number of anilines is 1. The van der Waals surface area contributed by atoms with Crippen LogP contribution >= 0.6 is 0 Å². The van der Waals surface area contributed by atoms with E-state index < -0.39 is 15.9 Å². The highest BCUT2D eigenvalue weighted by molar-refractivity contribution is 7.92. The molecule has 0 bridgehead atoms. The molecule has 0 aromatic heterocycles. The number of amides is 1. The number of carbonyl (C=O) groups excluding carboxylic acids is 1. The Balaban J connectivity index is 2.15. The summed E-state index contributed by atoms with van der Waals surface area (Å²) in [5.74, 6) is -0.771. The minimum Gasteiger partial charge on any atom is -0.366 e. The van der Waals surface area contributed by atoms with Crippen LogP contribution in [0.2, 0.25) is 0 Å². The quantitative estimate of drug-likeness (QED) is 0.852. The van der Waals surface area contributed by atoms with Gasteiger partial charge in [0, 0.05) is 11.3 Å². The summed E-state index contributed by atoms with van der Waals surface area (Å²) in [7, 11) is -3.54. The average Bonchev–Trinajstić information content (AvgIpc) is 2.49. The number of hydrogen-bond acceptors (Lipinski definition) is 3. The molecule has 6 heteroatoms. The van der Waals surface area contributed by atoms with E-state index in [0.717, 1.165) is 5.56 Å². The SMILES string of the molecule is Cc1ccc(NS(=O)(=O)CC(C)c2ccccc2)cc1C(N)=O. The second kappa shape index (κ2) is 6.83. The largest absolute Gasteiger partial charge is 0.366 e. The molecular weight excluding hydrogens is 312 g/mol. The molecule has 0 heterocycles. The fourth-order valence-electron chi connectivity index (χ4n) is 2.38. The predicted molar refractivity (Wildman–Crippen MR) is 92.0 cm³/mol. The third kappa shape index (κ3) is 4.56. The van der Waals surface area contributed by atoms with Crippen molar-refractivity contribution in [3.63, 3.8) is 0 Å². The summed E-state index contributed by atoms with van der Waals surface area (Å²) < 4.78 is 27.2. The molecule has 1 unspecified atom stereocenters. The zero-order valence-corrected chi connectivity index (χ0v) is 13.9. The number of sulfonamides is 1. The molecular formula is C17H20N2O3S. The van der Waals surface area contributed by atoms with Crippen LogP contribution in [0.4, 0.5) is 5.69 Å². The first-order chi connectivity index (χ1) is 10.8. The fourth-order valence-corrected chi connectivity index (χ4v) is 3.80. The van der Waals surface area contributed by atoms with E-state index in [1.165, 1.54) is 6.07 Å². The van der Waals surface area contributed by atoms with Gasteiger partial charge in [0.2, 0.25) is 15.9 Å². The molecule has 2 aromatic rings. The maximum Gasteiger partial charge on any atom is 0.249 e. The Labute approximate surface area is 136 Å². The minimum absolute atomic E-state index is 0.0448. The third-order valence-electron chi connectivity index (χ3n) is 3.61. The molecule has 0 aliphatic rings. The van der Waals surface area contributed by atoms with Crippen LogP contribution in [0.3, 0.4) is 0 Å². The number of nitrogens with two attached hydrogens (primary N) is 1. The van der Waals surface area contributed by atoms with Crippen LogP contribution < -0.4 is 10.5 Å². The minimum atomic E-state index is -3.54. The van der Waals surface area contributed by atoms with E-state index in [9.17, 15) is 13.2 Å². The summed E-state index contributed by atoms with van der Waals surface area (Å²) in [5.41, 5.74) is 7.60. The van der Waals surface area contributed by atoms with E-state index in [4.69, 9.17) is 5.73 Å². The van der Waals surface area contributed by atoms with Crippen molar-refractivity contribution in [3.05, 3.63) is 65.2 Å². The van der Waals surface area contributed by atoms with E-state index >= 15 is 0 Å². The van der Waals surface area contributed by atoms with Gasteiger partial charge in [-0.05, 0) is 36.1 Å². The lowest BCUT2D eigenvalue weighted by molar-refractivity contribution is 0.0999. The molecule has 0 fully saturated rings. The van der Waals surface area contributed by atoms with Gasteiger partial charge in [-0.3, -0.25) is 9.52 Å². The van der Waals surface area contributed by atoms with Crippen LogP contribution in [0.15, 0.2) is 48.5 Å². The molecule has 3 N–H and O–H groups in total. The van der Waals surface area contributed by atoms with Crippen molar-refractivity contribution in [3.8, 4) is 0 Å². The number of nitrogens with one attached hydrogen (secondary N) is 1. The zero-order chi connectivity index (χ0) is 17.0. The van der Waals surface area contributed by atoms with E-state index in [1.54, 1.807) is 19.1 Å². The highest BCUT2D eigenvalue weighted by Gasteiger charge is 2.18. The molecule has 0 aliphatic carbocycles. The first kappa shape index (κ1) is 17.0. The molecule has 5 nitrogen and oxygen atoms in total. The molecule has 0 saturated heterocycles. The molecule has 122 valence electrons. The molecule has 0 saturated carbocycles. The summed E-state index contributed by atoms with van der Waals surface area (Å²) in [6, 6.07) is 14.2. The van der Waals surface area contributed by atoms with Gasteiger partial charge in [0.05, 0.1) is 5.75 Å². The molecule has 0 radical (unpaired) electrons. The van der Waals surface area contributed by atoms with E-state index in [2.05, 4.69) is 4.72 Å². The monoisotopic (exact) mass is 332 g/mol. The second-order valence-corrected chi connectivity index (χ2v) is 7.36. The van der Waals surface area contributed by atoms with Gasteiger partial charge in [0.25, 0.3) is 0 Å². The second-order valence-electron chi connectivity index (χ2n) is 5.59. The first-order valence-corrected chi connectivity index (χ1v) is 8.89. The zero-order valence-electron chi connectivity index (χ0n) is 13.1. The Morgan fingerprint density at radius 3 is 2.43 bits per heavy atom. The normalized spacial score (nSPS) is 12.6. The van der Waals surface area contributed by atoms with Crippen molar-refractivity contribution >= 4 is 21.6 Å². The number of aryl methyl sites for hydroxylation is 1. The maximum absolute atomic E-state index is 12.3. The van der Waals surface area contributed by atoms with Gasteiger partial charge in [0.15, 0.2) is 0 Å². The summed E-state index contributed by atoms with van der Waals surface area (Å²) in [5, 5.41) is 0.